The van der Waals surface area contributed by atoms with Crippen molar-refractivity contribution in [2.45, 2.75) is 25.3 Å². The van der Waals surface area contributed by atoms with Crippen LogP contribution in [0.5, 0.6) is 0 Å². The third-order valence-electron chi connectivity index (χ3n) is 3.48. The molecule has 1 aliphatic rings. The van der Waals surface area contributed by atoms with Crippen LogP contribution in [0.2, 0.25) is 0 Å². The molecule has 2 heterocycles. The number of esters is 1. The van der Waals surface area contributed by atoms with E-state index in [0.29, 0.717) is 17.1 Å². The first-order valence-corrected chi connectivity index (χ1v) is 6.39. The predicted molar refractivity (Wildman–Crippen MR) is 72.1 cm³/mol. The van der Waals surface area contributed by atoms with Gasteiger partial charge in [0.15, 0.2) is 5.82 Å². The van der Waals surface area contributed by atoms with Gasteiger partial charge in [0, 0.05) is 12.7 Å². The van der Waals surface area contributed by atoms with E-state index in [1.807, 2.05) is 4.90 Å². The molecule has 3 N–H and O–H groups in total. The minimum absolute atomic E-state index is 0.0106. The summed E-state index contributed by atoms with van der Waals surface area (Å²) in [5.41, 5.74) is 6.65. The van der Waals surface area contributed by atoms with Crippen LogP contribution >= 0.6 is 0 Å². The average Bonchev–Trinajstić information content (AvgIpc) is 2.46. The van der Waals surface area contributed by atoms with Gasteiger partial charge in [-0.2, -0.15) is 0 Å². The number of hydrogen-bond donors (Lipinski definition) is 2. The van der Waals surface area contributed by atoms with Crippen LogP contribution in [0, 0.1) is 0 Å². The van der Waals surface area contributed by atoms with E-state index in [1.54, 1.807) is 12.3 Å². The Bertz CT molecular complexity index is 464. The molecule has 1 atom stereocenters. The largest absolute Gasteiger partial charge is 0.465 e. The van der Waals surface area contributed by atoms with E-state index in [1.165, 1.54) is 7.11 Å². The Hall–Kier alpha value is -1.82. The van der Waals surface area contributed by atoms with E-state index in [2.05, 4.69) is 4.98 Å². The number of ether oxygens (including phenoxy) is 1. The van der Waals surface area contributed by atoms with Gasteiger partial charge in [0.25, 0.3) is 0 Å². The van der Waals surface area contributed by atoms with Crippen molar-refractivity contribution in [2.24, 2.45) is 0 Å². The Kier molecular flexibility index (Phi) is 4.21. The number of pyridine rings is 1. The van der Waals surface area contributed by atoms with Gasteiger partial charge >= 0.3 is 5.97 Å². The number of aliphatic hydroxyl groups excluding tert-OH is 1. The van der Waals surface area contributed by atoms with Crippen LogP contribution in [-0.2, 0) is 4.74 Å². The van der Waals surface area contributed by atoms with Crippen LogP contribution in [0.4, 0.5) is 11.5 Å². The SMILES string of the molecule is COC(=O)c1ccnc(N2CCCCC2CO)c1N. The van der Waals surface area contributed by atoms with Gasteiger partial charge in [-0.05, 0) is 25.3 Å². The van der Waals surface area contributed by atoms with Crippen molar-refractivity contribution in [3.05, 3.63) is 17.8 Å². The summed E-state index contributed by atoms with van der Waals surface area (Å²) in [6, 6.07) is 1.55. The topological polar surface area (TPSA) is 88.7 Å². The third-order valence-corrected chi connectivity index (χ3v) is 3.48. The number of aromatic nitrogens is 1. The number of nitrogens with two attached hydrogens (primary N) is 1. The van der Waals surface area contributed by atoms with E-state index in [4.69, 9.17) is 10.5 Å². The minimum atomic E-state index is -0.473. The molecule has 1 aliphatic heterocycles. The molecular weight excluding hydrogens is 246 g/mol. The number of anilines is 2. The normalized spacial score (nSPS) is 19.3. The van der Waals surface area contributed by atoms with Crippen LogP contribution < -0.4 is 10.6 Å². The zero-order valence-corrected chi connectivity index (χ0v) is 11.0. The molecule has 0 saturated carbocycles. The van der Waals surface area contributed by atoms with Crippen molar-refractivity contribution in [3.8, 4) is 0 Å². The van der Waals surface area contributed by atoms with E-state index in [0.717, 1.165) is 25.8 Å². The highest BCUT2D eigenvalue weighted by Crippen LogP contribution is 2.29. The summed E-state index contributed by atoms with van der Waals surface area (Å²) >= 11 is 0. The number of carbonyl (C=O) groups excluding carboxylic acids is 1. The monoisotopic (exact) mass is 265 g/mol. The average molecular weight is 265 g/mol. The van der Waals surface area contributed by atoms with Gasteiger partial charge in [0.2, 0.25) is 0 Å². The van der Waals surface area contributed by atoms with Crippen LogP contribution in [0.15, 0.2) is 12.3 Å². The highest BCUT2D eigenvalue weighted by atomic mass is 16.5. The third kappa shape index (κ3) is 2.63. The lowest BCUT2D eigenvalue weighted by Crippen LogP contribution is -2.42. The zero-order valence-electron chi connectivity index (χ0n) is 11.0. The van der Waals surface area contributed by atoms with Gasteiger partial charge in [0.05, 0.1) is 31.0 Å². The summed E-state index contributed by atoms with van der Waals surface area (Å²) < 4.78 is 4.70. The molecule has 6 nitrogen and oxygen atoms in total. The second-order valence-corrected chi connectivity index (χ2v) is 4.61. The minimum Gasteiger partial charge on any atom is -0.465 e. The summed E-state index contributed by atoms with van der Waals surface area (Å²) in [7, 11) is 1.32. The van der Waals surface area contributed by atoms with Crippen molar-refractivity contribution in [1.29, 1.82) is 0 Å². The number of nitrogens with zero attached hydrogens (tertiary/aromatic N) is 2. The van der Waals surface area contributed by atoms with Crippen LogP contribution in [0.3, 0.4) is 0 Å². The van der Waals surface area contributed by atoms with Crippen molar-refractivity contribution < 1.29 is 14.6 Å². The lowest BCUT2D eigenvalue weighted by Gasteiger charge is -2.36. The Balaban J connectivity index is 2.36. The molecule has 1 aromatic rings. The van der Waals surface area contributed by atoms with E-state index >= 15 is 0 Å². The number of nitrogen functional groups attached to an aromatic ring is 1. The Morgan fingerprint density at radius 3 is 3.11 bits per heavy atom. The molecule has 6 heteroatoms. The molecule has 104 valence electrons. The van der Waals surface area contributed by atoms with Gasteiger partial charge < -0.3 is 20.5 Å². The summed E-state index contributed by atoms with van der Waals surface area (Å²) in [4.78, 5) is 17.9. The molecule has 1 saturated heterocycles. The maximum atomic E-state index is 11.6. The first-order chi connectivity index (χ1) is 9.19. The van der Waals surface area contributed by atoms with Crippen molar-refractivity contribution in [3.63, 3.8) is 0 Å². The molecule has 19 heavy (non-hydrogen) atoms. The zero-order chi connectivity index (χ0) is 13.8. The molecule has 2 rings (SSSR count). The van der Waals surface area contributed by atoms with Gasteiger partial charge in [-0.15, -0.1) is 0 Å². The smallest absolute Gasteiger partial charge is 0.340 e. The fourth-order valence-corrected chi connectivity index (χ4v) is 2.45. The Labute approximate surface area is 112 Å². The Morgan fingerprint density at radius 2 is 2.42 bits per heavy atom. The Morgan fingerprint density at radius 1 is 1.63 bits per heavy atom. The predicted octanol–water partition coefficient (Wildman–Crippen LogP) is 0.802. The number of rotatable bonds is 3. The quantitative estimate of drug-likeness (QED) is 0.786. The fraction of sp³-hybridized carbons (Fsp3) is 0.538. The number of methoxy groups -OCH3 is 1. The summed E-state index contributed by atoms with van der Waals surface area (Å²) in [5, 5.41) is 9.44. The standard InChI is InChI=1S/C13H19N3O3/c1-19-13(18)10-5-6-15-12(11(10)14)16-7-3-2-4-9(16)8-17/h5-6,9,17H,2-4,7-8,14H2,1H3. The number of aliphatic hydroxyl groups is 1. The van der Waals surface area contributed by atoms with Gasteiger partial charge in [-0.25, -0.2) is 9.78 Å². The van der Waals surface area contributed by atoms with E-state index < -0.39 is 5.97 Å². The molecule has 0 spiro atoms. The van der Waals surface area contributed by atoms with E-state index in [9.17, 15) is 9.90 Å². The van der Waals surface area contributed by atoms with Crippen molar-refractivity contribution in [1.82, 2.24) is 4.98 Å². The molecule has 0 aromatic carbocycles. The van der Waals surface area contributed by atoms with Crippen LogP contribution in [0.25, 0.3) is 0 Å². The molecule has 0 radical (unpaired) electrons. The maximum Gasteiger partial charge on any atom is 0.340 e. The highest BCUT2D eigenvalue weighted by Gasteiger charge is 2.26. The number of hydrogen-bond acceptors (Lipinski definition) is 6. The summed E-state index contributed by atoms with van der Waals surface area (Å²) in [6.07, 6.45) is 4.56. The first kappa shape index (κ1) is 13.6. The van der Waals surface area contributed by atoms with E-state index in [-0.39, 0.29) is 12.6 Å². The number of carbonyl (C=O) groups is 1. The summed E-state index contributed by atoms with van der Waals surface area (Å²) in [5.74, 6) is 0.0837. The second-order valence-electron chi connectivity index (χ2n) is 4.61. The van der Waals surface area contributed by atoms with Gasteiger partial charge in [0.1, 0.15) is 0 Å². The lowest BCUT2D eigenvalue weighted by atomic mass is 10.0. The molecule has 0 aliphatic carbocycles. The second kappa shape index (κ2) is 5.88. The molecule has 1 aromatic heterocycles. The fourth-order valence-electron chi connectivity index (χ4n) is 2.45. The van der Waals surface area contributed by atoms with Gasteiger partial charge in [-0.3, -0.25) is 0 Å². The van der Waals surface area contributed by atoms with Crippen molar-refractivity contribution >= 4 is 17.5 Å². The lowest BCUT2D eigenvalue weighted by molar-refractivity contribution is 0.0602. The summed E-state index contributed by atoms with van der Waals surface area (Å²) in [6.45, 7) is 0.844. The molecule has 1 unspecified atom stereocenters. The van der Waals surface area contributed by atoms with Crippen molar-refractivity contribution in [2.75, 3.05) is 30.9 Å². The van der Waals surface area contributed by atoms with Gasteiger partial charge in [-0.1, -0.05) is 0 Å². The molecule has 0 amide bonds. The molecule has 0 bridgehead atoms. The first-order valence-electron chi connectivity index (χ1n) is 6.39. The molecule has 1 fully saturated rings. The number of piperidine rings is 1. The van der Waals surface area contributed by atoms with Crippen LogP contribution in [0.1, 0.15) is 29.6 Å². The van der Waals surface area contributed by atoms with Crippen LogP contribution in [-0.4, -0.2) is 42.4 Å². The molecular formula is C13H19N3O3. The maximum absolute atomic E-state index is 11.6. The highest BCUT2D eigenvalue weighted by molar-refractivity contribution is 5.97.